The van der Waals surface area contributed by atoms with Crippen molar-refractivity contribution in [3.8, 4) is 17.2 Å². The van der Waals surface area contributed by atoms with Crippen LogP contribution >= 0.6 is 0 Å². The first-order chi connectivity index (χ1) is 16.1. The number of aromatic hydroxyl groups is 1. The Hall–Kier alpha value is -3.48. The molecule has 0 saturated heterocycles. The third-order valence-electron chi connectivity index (χ3n) is 5.51. The molecule has 6 heteroatoms. The Bertz CT molecular complexity index is 1140. The van der Waals surface area contributed by atoms with Crippen molar-refractivity contribution in [1.82, 2.24) is 10.3 Å². The number of fused-ring (bicyclic) bond motifs is 1. The molecule has 0 aliphatic heterocycles. The molecule has 0 bridgehead atoms. The summed E-state index contributed by atoms with van der Waals surface area (Å²) < 4.78 is 11.6. The van der Waals surface area contributed by atoms with E-state index in [0.29, 0.717) is 18.9 Å². The van der Waals surface area contributed by atoms with Crippen LogP contribution in [0.1, 0.15) is 18.1 Å². The second-order valence-corrected chi connectivity index (χ2v) is 8.24. The zero-order valence-corrected chi connectivity index (χ0v) is 18.7. The van der Waals surface area contributed by atoms with Crippen molar-refractivity contribution >= 4 is 10.9 Å². The third kappa shape index (κ3) is 6.28. The molecular weight excluding hydrogens is 416 g/mol. The minimum atomic E-state index is -0.637. The highest BCUT2D eigenvalue weighted by atomic mass is 16.5. The van der Waals surface area contributed by atoms with Crippen LogP contribution in [0.25, 0.3) is 10.9 Å². The van der Waals surface area contributed by atoms with Crippen LogP contribution in [0.2, 0.25) is 0 Å². The van der Waals surface area contributed by atoms with Gasteiger partial charge in [-0.3, -0.25) is 0 Å². The molecule has 3 aromatic carbocycles. The Morgan fingerprint density at radius 3 is 2.52 bits per heavy atom. The van der Waals surface area contributed by atoms with Crippen molar-refractivity contribution in [3.05, 3.63) is 90.1 Å². The molecular formula is C27H30N2O4. The van der Waals surface area contributed by atoms with Crippen LogP contribution < -0.4 is 14.8 Å². The van der Waals surface area contributed by atoms with Crippen LogP contribution in [0.3, 0.4) is 0 Å². The van der Waals surface area contributed by atoms with Gasteiger partial charge in [0.2, 0.25) is 0 Å². The first-order valence-electron chi connectivity index (χ1n) is 11.2. The number of para-hydroxylation sites is 1. The van der Waals surface area contributed by atoms with E-state index in [2.05, 4.69) is 35.4 Å². The molecule has 1 heterocycles. The number of aliphatic hydroxyl groups is 1. The zero-order valence-electron chi connectivity index (χ0n) is 18.7. The zero-order chi connectivity index (χ0) is 23.0. The Morgan fingerprint density at radius 1 is 0.939 bits per heavy atom. The molecule has 0 radical (unpaired) electrons. The molecule has 4 aromatic rings. The number of phenols is 1. The summed E-state index contributed by atoms with van der Waals surface area (Å²) in [5, 5.41) is 24.1. The largest absolute Gasteiger partial charge is 0.508 e. The predicted octanol–water partition coefficient (Wildman–Crippen LogP) is 4.41. The number of H-pyrrole nitrogens is 1. The first-order valence-corrected chi connectivity index (χ1v) is 11.2. The average molecular weight is 447 g/mol. The van der Waals surface area contributed by atoms with Gasteiger partial charge < -0.3 is 30.0 Å². The second-order valence-electron chi connectivity index (χ2n) is 8.24. The summed E-state index contributed by atoms with van der Waals surface area (Å²) in [6, 6.07) is 22.9. The molecule has 6 nitrogen and oxygen atoms in total. The predicted molar refractivity (Wildman–Crippen MR) is 130 cm³/mol. The summed E-state index contributed by atoms with van der Waals surface area (Å²) in [7, 11) is 0. The average Bonchev–Trinajstić information content (AvgIpc) is 3.25. The van der Waals surface area contributed by atoms with Crippen molar-refractivity contribution < 1.29 is 19.7 Å². The number of phenolic OH excluding ortho intramolecular Hbond substituents is 1. The lowest BCUT2D eigenvalue weighted by molar-refractivity contribution is 0.104. The Balaban J connectivity index is 1.28. The third-order valence-corrected chi connectivity index (χ3v) is 5.51. The molecule has 0 aliphatic rings. The summed E-state index contributed by atoms with van der Waals surface area (Å²) in [6.07, 6.45) is 2.21. The summed E-state index contributed by atoms with van der Waals surface area (Å²) >= 11 is 0. The van der Waals surface area contributed by atoms with Crippen molar-refractivity contribution in [2.24, 2.45) is 0 Å². The Kier molecular flexibility index (Phi) is 7.50. The maximum Gasteiger partial charge on any atom is 0.143 e. The van der Waals surface area contributed by atoms with E-state index in [1.54, 1.807) is 24.3 Å². The molecule has 0 saturated carbocycles. The lowest BCUT2D eigenvalue weighted by Crippen LogP contribution is -2.37. The number of aromatic amines is 1. The molecule has 0 fully saturated rings. The lowest BCUT2D eigenvalue weighted by atomic mass is 10.1. The molecule has 2 atom stereocenters. The minimum Gasteiger partial charge on any atom is -0.508 e. The van der Waals surface area contributed by atoms with Crippen LogP contribution in [0, 0.1) is 0 Å². The van der Waals surface area contributed by atoms with E-state index in [1.165, 1.54) is 5.56 Å². The highest BCUT2D eigenvalue weighted by Crippen LogP contribution is 2.28. The van der Waals surface area contributed by atoms with Gasteiger partial charge in [0.25, 0.3) is 0 Å². The van der Waals surface area contributed by atoms with E-state index in [9.17, 15) is 10.2 Å². The van der Waals surface area contributed by atoms with Gasteiger partial charge in [-0.1, -0.05) is 42.5 Å². The van der Waals surface area contributed by atoms with E-state index in [4.69, 9.17) is 9.47 Å². The van der Waals surface area contributed by atoms with Gasteiger partial charge >= 0.3 is 0 Å². The highest BCUT2D eigenvalue weighted by Gasteiger charge is 2.13. The van der Waals surface area contributed by atoms with E-state index in [1.807, 2.05) is 36.5 Å². The van der Waals surface area contributed by atoms with E-state index < -0.39 is 6.10 Å². The van der Waals surface area contributed by atoms with Gasteiger partial charge in [0.1, 0.15) is 36.6 Å². The van der Waals surface area contributed by atoms with Gasteiger partial charge in [0.15, 0.2) is 0 Å². The molecule has 0 spiro atoms. The molecule has 2 unspecified atom stereocenters. The first kappa shape index (κ1) is 22.7. The van der Waals surface area contributed by atoms with Crippen molar-refractivity contribution in [2.75, 3.05) is 13.2 Å². The van der Waals surface area contributed by atoms with Gasteiger partial charge in [0.05, 0.1) is 5.52 Å². The fourth-order valence-corrected chi connectivity index (χ4v) is 3.74. The second kappa shape index (κ2) is 10.9. The van der Waals surface area contributed by atoms with Gasteiger partial charge in [0, 0.05) is 24.2 Å². The fourth-order valence-electron chi connectivity index (χ4n) is 3.74. The summed E-state index contributed by atoms with van der Waals surface area (Å²) in [4.78, 5) is 3.37. The van der Waals surface area contributed by atoms with Crippen LogP contribution in [-0.2, 0) is 13.0 Å². The topological polar surface area (TPSA) is 86.7 Å². The monoisotopic (exact) mass is 446 g/mol. The van der Waals surface area contributed by atoms with Crippen LogP contribution in [-0.4, -0.2) is 40.5 Å². The molecule has 4 N–H and O–H groups in total. The summed E-state index contributed by atoms with van der Waals surface area (Å²) in [6.45, 7) is 3.23. The summed E-state index contributed by atoms with van der Waals surface area (Å²) in [5.74, 6) is 1.64. The van der Waals surface area contributed by atoms with Crippen LogP contribution in [0.4, 0.5) is 0 Å². The number of nitrogens with one attached hydrogen (secondary N) is 2. The van der Waals surface area contributed by atoms with Crippen molar-refractivity contribution in [2.45, 2.75) is 32.1 Å². The van der Waals surface area contributed by atoms with Gasteiger partial charge in [-0.15, -0.1) is 0 Å². The molecule has 4 rings (SSSR count). The van der Waals surface area contributed by atoms with Crippen LogP contribution in [0.5, 0.6) is 17.2 Å². The Labute approximate surface area is 193 Å². The summed E-state index contributed by atoms with van der Waals surface area (Å²) in [5.41, 5.74) is 3.33. The Morgan fingerprint density at radius 2 is 1.73 bits per heavy atom. The van der Waals surface area contributed by atoms with Gasteiger partial charge in [-0.25, -0.2) is 0 Å². The highest BCUT2D eigenvalue weighted by molar-refractivity contribution is 5.88. The van der Waals surface area contributed by atoms with Gasteiger partial charge in [-0.2, -0.15) is 0 Å². The van der Waals surface area contributed by atoms with Crippen LogP contribution in [0.15, 0.2) is 79.0 Å². The standard InChI is InChI=1S/C27H30N2O4/c1-19(28-16-23(31)18-32-24-12-10-22(30)11-13-24)14-21-15-29-27-25(21)8-5-9-26(27)33-17-20-6-3-2-4-7-20/h2-13,15,19,23,28-31H,14,16-18H2,1H3. The number of rotatable bonds is 11. The van der Waals surface area contributed by atoms with E-state index in [-0.39, 0.29) is 18.4 Å². The molecule has 1 aromatic heterocycles. The molecule has 172 valence electrons. The minimum absolute atomic E-state index is 0.168. The number of aliphatic hydroxyl groups excluding tert-OH is 1. The van der Waals surface area contributed by atoms with Gasteiger partial charge in [-0.05, 0) is 54.8 Å². The lowest BCUT2D eigenvalue weighted by Gasteiger charge is -2.17. The van der Waals surface area contributed by atoms with E-state index in [0.717, 1.165) is 28.6 Å². The smallest absolute Gasteiger partial charge is 0.143 e. The number of ether oxygens (including phenoxy) is 2. The number of aromatic nitrogens is 1. The van der Waals surface area contributed by atoms with E-state index >= 15 is 0 Å². The SMILES string of the molecule is CC(Cc1c[nH]c2c(OCc3ccccc3)cccc12)NCC(O)COc1ccc(O)cc1. The molecule has 0 amide bonds. The maximum atomic E-state index is 10.2. The number of benzene rings is 3. The maximum absolute atomic E-state index is 10.2. The molecule has 33 heavy (non-hydrogen) atoms. The van der Waals surface area contributed by atoms with Crippen molar-refractivity contribution in [1.29, 1.82) is 0 Å². The number of hydrogen-bond donors (Lipinski definition) is 4. The number of hydrogen-bond acceptors (Lipinski definition) is 5. The van der Waals surface area contributed by atoms with Crippen molar-refractivity contribution in [3.63, 3.8) is 0 Å². The quantitative estimate of drug-likeness (QED) is 0.274. The fraction of sp³-hybridized carbons (Fsp3) is 0.259. The molecule has 0 aliphatic carbocycles. The normalized spacial score (nSPS) is 13.0.